The molecular weight excluding hydrogens is 578 g/mol. The Morgan fingerprint density at radius 2 is 0.848 bits per heavy atom. The lowest BCUT2D eigenvalue weighted by molar-refractivity contribution is -0.975. The van der Waals surface area contributed by atoms with E-state index in [2.05, 4.69) is 19.1 Å². The summed E-state index contributed by atoms with van der Waals surface area (Å²) in [4.78, 5) is 37.7. The number of carboxylic acid groups (broad SMARTS) is 3. The molecule has 46 heavy (non-hydrogen) atoms. The average Bonchev–Trinajstić information content (AvgIpc) is 3.02. The first-order chi connectivity index (χ1) is 22.2. The van der Waals surface area contributed by atoms with Crippen molar-refractivity contribution < 1.29 is 34.2 Å². The number of rotatable bonds is 34. The van der Waals surface area contributed by atoms with E-state index in [-0.39, 0.29) is 25.8 Å². The maximum absolute atomic E-state index is 12.6. The molecule has 0 rings (SSSR count). The van der Waals surface area contributed by atoms with Gasteiger partial charge in [-0.3, -0.25) is 4.48 Å². The summed E-state index contributed by atoms with van der Waals surface area (Å²) < 4.78 is -0.431. The Morgan fingerprint density at radius 3 is 1.15 bits per heavy atom. The molecule has 3 unspecified atom stereocenters. The summed E-state index contributed by atoms with van der Waals surface area (Å²) in [5, 5.41) is 33.1. The minimum Gasteiger partial charge on any atom is -0.544 e. The number of unbranched alkanes of at least 4 members (excludes halogenated alkanes) is 18. The largest absolute Gasteiger partial charge is 0.544 e. The number of nitrogens with zero attached hydrogens (tertiary/aromatic N) is 1. The first-order valence-corrected chi connectivity index (χ1v) is 19.4. The quantitative estimate of drug-likeness (QED) is 0.0407. The zero-order valence-electron chi connectivity index (χ0n) is 30.5. The summed E-state index contributed by atoms with van der Waals surface area (Å²) in [5.74, 6) is -3.55. The van der Waals surface area contributed by atoms with Crippen molar-refractivity contribution in [3.05, 3.63) is 12.2 Å². The van der Waals surface area contributed by atoms with Gasteiger partial charge in [-0.05, 0) is 44.9 Å². The first kappa shape index (κ1) is 44.1. The third-order valence-electron chi connectivity index (χ3n) is 9.84. The highest BCUT2D eigenvalue weighted by Crippen LogP contribution is 2.34. The summed E-state index contributed by atoms with van der Waals surface area (Å²) in [5.41, 5.74) is 0. The number of hydrogen-bond acceptors (Lipinski definition) is 4. The van der Waals surface area contributed by atoms with Gasteiger partial charge in [0.2, 0.25) is 0 Å². The molecule has 0 radical (unpaired) electrons. The number of carbonyl (C=O) groups excluding carboxylic acids is 1. The second kappa shape index (κ2) is 29.3. The second-order valence-electron chi connectivity index (χ2n) is 13.7. The lowest BCUT2D eigenvalue weighted by Crippen LogP contribution is -2.74. The third-order valence-corrected chi connectivity index (χ3v) is 9.84. The van der Waals surface area contributed by atoms with E-state index in [4.69, 9.17) is 0 Å². The Balaban J connectivity index is 4.55. The standard InChI is InChI=1S/C39H73NO6/c1-5-9-10-11-12-13-14-15-16-17-18-19-20-21-22-23-24-25-26-27-28-29-33-40(34(30-6-2)37(41)42,35(31-7-3)38(43)44)36(32-8-4)39(45)46/h9-10,34-36H,5-8,11-33H2,1-4H3,(H2-,41,42,43,44,45,46)/b10-9+. The fourth-order valence-corrected chi connectivity index (χ4v) is 7.39. The molecule has 0 aromatic heterocycles. The Kier molecular flexibility index (Phi) is 28.1. The Morgan fingerprint density at radius 1 is 0.522 bits per heavy atom. The molecule has 7 nitrogen and oxygen atoms in total. The van der Waals surface area contributed by atoms with Crippen LogP contribution in [0.2, 0.25) is 0 Å². The summed E-state index contributed by atoms with van der Waals surface area (Å²) in [6, 6.07) is -3.32. The van der Waals surface area contributed by atoms with Gasteiger partial charge >= 0.3 is 11.9 Å². The fourth-order valence-electron chi connectivity index (χ4n) is 7.39. The van der Waals surface area contributed by atoms with Crippen LogP contribution in [0.15, 0.2) is 12.2 Å². The molecule has 7 heteroatoms. The third kappa shape index (κ3) is 18.4. The van der Waals surface area contributed by atoms with Gasteiger partial charge in [0.15, 0.2) is 12.1 Å². The Bertz CT molecular complexity index is 738. The summed E-state index contributed by atoms with van der Waals surface area (Å²) in [6.45, 7) is 8.02. The van der Waals surface area contributed by atoms with Crippen LogP contribution in [0.1, 0.15) is 195 Å². The highest BCUT2D eigenvalue weighted by molar-refractivity contribution is 5.77. The molecule has 0 saturated heterocycles. The fraction of sp³-hybridized carbons (Fsp3) is 0.872. The van der Waals surface area contributed by atoms with Crippen LogP contribution in [0.4, 0.5) is 0 Å². The minimum absolute atomic E-state index is 0.209. The molecule has 0 fully saturated rings. The molecule has 0 heterocycles. The second-order valence-corrected chi connectivity index (χ2v) is 13.7. The first-order valence-electron chi connectivity index (χ1n) is 19.4. The van der Waals surface area contributed by atoms with Crippen LogP contribution < -0.4 is 5.11 Å². The molecule has 0 amide bonds. The van der Waals surface area contributed by atoms with E-state index in [1.807, 2.05) is 20.8 Å². The van der Waals surface area contributed by atoms with Gasteiger partial charge in [0.1, 0.15) is 6.04 Å². The Labute approximate surface area is 283 Å². The zero-order valence-corrected chi connectivity index (χ0v) is 30.5. The van der Waals surface area contributed by atoms with Crippen molar-refractivity contribution in [2.24, 2.45) is 0 Å². The summed E-state index contributed by atoms with van der Waals surface area (Å²) in [6.07, 6.45) is 31.5. The highest BCUT2D eigenvalue weighted by Gasteiger charge is 2.54. The molecule has 2 N–H and O–H groups in total. The van der Waals surface area contributed by atoms with Gasteiger partial charge in [0.25, 0.3) is 0 Å². The molecule has 270 valence electrons. The van der Waals surface area contributed by atoms with Crippen LogP contribution in [-0.4, -0.2) is 57.3 Å². The van der Waals surface area contributed by atoms with Gasteiger partial charge in [-0.25, -0.2) is 9.59 Å². The smallest absolute Gasteiger partial charge is 0.362 e. The van der Waals surface area contributed by atoms with Crippen molar-refractivity contribution in [2.75, 3.05) is 6.54 Å². The van der Waals surface area contributed by atoms with E-state index >= 15 is 0 Å². The Hall–Kier alpha value is -1.89. The lowest BCUT2D eigenvalue weighted by Gasteiger charge is -2.52. The molecule has 0 aromatic rings. The normalized spacial score (nSPS) is 15.0. The molecule has 0 aliphatic heterocycles. The maximum atomic E-state index is 12.6. The molecule has 0 aliphatic carbocycles. The molecule has 0 aromatic carbocycles. The lowest BCUT2D eigenvalue weighted by atomic mass is 9.91. The van der Waals surface area contributed by atoms with Gasteiger partial charge in [-0.15, -0.1) is 0 Å². The zero-order chi connectivity index (χ0) is 34.5. The van der Waals surface area contributed by atoms with E-state index in [0.717, 1.165) is 25.7 Å². The van der Waals surface area contributed by atoms with Crippen LogP contribution in [0, 0.1) is 0 Å². The van der Waals surface area contributed by atoms with Gasteiger partial charge in [0, 0.05) is 19.3 Å². The van der Waals surface area contributed by atoms with Crippen molar-refractivity contribution in [1.82, 2.24) is 0 Å². The van der Waals surface area contributed by atoms with E-state index < -0.39 is 40.5 Å². The van der Waals surface area contributed by atoms with Crippen LogP contribution >= 0.6 is 0 Å². The van der Waals surface area contributed by atoms with Crippen molar-refractivity contribution in [2.45, 2.75) is 213 Å². The number of quaternary nitrogens is 1. The minimum atomic E-state index is -1.33. The van der Waals surface area contributed by atoms with E-state index in [1.165, 1.54) is 96.3 Å². The average molecular weight is 652 g/mol. The molecule has 0 aliphatic rings. The van der Waals surface area contributed by atoms with Gasteiger partial charge < -0.3 is 20.1 Å². The van der Waals surface area contributed by atoms with Crippen molar-refractivity contribution >= 4 is 17.9 Å². The van der Waals surface area contributed by atoms with E-state index in [1.54, 1.807) is 0 Å². The summed E-state index contributed by atoms with van der Waals surface area (Å²) >= 11 is 0. The van der Waals surface area contributed by atoms with Crippen LogP contribution in [-0.2, 0) is 14.4 Å². The van der Waals surface area contributed by atoms with Crippen LogP contribution in [0.5, 0.6) is 0 Å². The molecule has 0 bridgehead atoms. The van der Waals surface area contributed by atoms with Gasteiger partial charge in [-0.2, -0.15) is 0 Å². The molecule has 0 spiro atoms. The molecule has 0 saturated carbocycles. The number of carboxylic acids is 3. The number of allylic oxidation sites excluding steroid dienone is 2. The highest BCUT2D eigenvalue weighted by atomic mass is 16.4. The number of hydrogen-bond donors (Lipinski definition) is 2. The molecular formula is C39H73NO6. The van der Waals surface area contributed by atoms with Crippen molar-refractivity contribution in [3.63, 3.8) is 0 Å². The van der Waals surface area contributed by atoms with Gasteiger partial charge in [-0.1, -0.05) is 143 Å². The number of carbonyl (C=O) groups is 3. The summed E-state index contributed by atoms with van der Waals surface area (Å²) in [7, 11) is 0. The number of aliphatic carboxylic acids is 3. The predicted octanol–water partition coefficient (Wildman–Crippen LogP) is 9.61. The van der Waals surface area contributed by atoms with Crippen LogP contribution in [0.3, 0.4) is 0 Å². The van der Waals surface area contributed by atoms with E-state index in [0.29, 0.717) is 25.7 Å². The van der Waals surface area contributed by atoms with Crippen molar-refractivity contribution in [3.8, 4) is 0 Å². The van der Waals surface area contributed by atoms with Gasteiger partial charge in [0.05, 0.1) is 12.5 Å². The molecule has 3 atom stereocenters. The monoisotopic (exact) mass is 652 g/mol. The van der Waals surface area contributed by atoms with Crippen molar-refractivity contribution in [1.29, 1.82) is 0 Å². The topological polar surface area (TPSA) is 115 Å². The van der Waals surface area contributed by atoms with E-state index in [9.17, 15) is 29.7 Å². The predicted molar refractivity (Wildman–Crippen MR) is 189 cm³/mol. The SMILES string of the molecule is CC/C=C/CCCCCCCCCCCCCCCCCCCC[N+](C(CCC)C(=O)[O-])(C(CCC)C(=O)O)C(CCC)C(=O)O. The maximum Gasteiger partial charge on any atom is 0.362 e. The van der Waals surface area contributed by atoms with Crippen LogP contribution in [0.25, 0.3) is 0 Å².